The van der Waals surface area contributed by atoms with E-state index in [1.165, 1.54) is 0 Å². The van der Waals surface area contributed by atoms with Crippen LogP contribution in [0.1, 0.15) is 51.4 Å². The monoisotopic (exact) mass is 250 g/mol. The lowest BCUT2D eigenvalue weighted by atomic mass is 9.88. The normalized spacial score (nSPS) is 21.8. The first-order chi connectivity index (χ1) is 8.59. The Morgan fingerprint density at radius 2 is 1.11 bits per heavy atom. The van der Waals surface area contributed by atoms with Crippen molar-refractivity contribution < 1.29 is 19.8 Å². The van der Waals surface area contributed by atoms with Gasteiger partial charge in [-0.1, -0.05) is 0 Å². The Morgan fingerprint density at radius 1 is 0.722 bits per heavy atom. The van der Waals surface area contributed by atoms with Crippen molar-refractivity contribution in [3.63, 3.8) is 0 Å². The quantitative estimate of drug-likeness (QED) is 0.807. The van der Waals surface area contributed by atoms with Gasteiger partial charge in [0.05, 0.1) is 11.5 Å². The molecule has 0 fully saturated rings. The fourth-order valence-electron chi connectivity index (χ4n) is 2.58. The predicted octanol–water partition coefficient (Wildman–Crippen LogP) is 2.90. The average Bonchev–Trinajstić information content (AvgIpc) is 2.31. The van der Waals surface area contributed by atoms with E-state index in [1.807, 2.05) is 0 Å². The molecule has 0 bridgehead atoms. The van der Waals surface area contributed by atoms with E-state index < -0.39 is 0 Å². The Bertz CT molecular complexity index is 401. The van der Waals surface area contributed by atoms with Gasteiger partial charge in [0.1, 0.15) is 0 Å². The van der Waals surface area contributed by atoms with Crippen molar-refractivity contribution >= 4 is 11.6 Å². The minimum atomic E-state index is -0.0258. The number of aliphatic hydroxyl groups excluding tert-OH is 2. The fraction of sp³-hybridized carbons (Fsp3) is 0.571. The summed E-state index contributed by atoms with van der Waals surface area (Å²) >= 11 is 0. The molecule has 4 nitrogen and oxygen atoms in total. The van der Waals surface area contributed by atoms with E-state index in [9.17, 15) is 19.8 Å². The van der Waals surface area contributed by atoms with Gasteiger partial charge in [-0.3, -0.25) is 9.59 Å². The molecule has 0 radical (unpaired) electrons. The van der Waals surface area contributed by atoms with Crippen LogP contribution in [-0.4, -0.2) is 21.8 Å². The summed E-state index contributed by atoms with van der Waals surface area (Å²) in [4.78, 5) is 23.3. The SMILES string of the molecule is O=C1CCCC(O)=C1CCC1=C(O)CCCC1=O. The summed E-state index contributed by atoms with van der Waals surface area (Å²) in [6.07, 6.45) is 4.13. The Hall–Kier alpha value is -1.58. The summed E-state index contributed by atoms with van der Waals surface area (Å²) in [6.45, 7) is 0. The molecular formula is C14H18O4. The zero-order valence-corrected chi connectivity index (χ0v) is 10.4. The summed E-state index contributed by atoms with van der Waals surface area (Å²) in [5.41, 5.74) is 0.889. The Labute approximate surface area is 106 Å². The molecule has 0 aliphatic heterocycles. The Morgan fingerprint density at radius 3 is 1.44 bits per heavy atom. The summed E-state index contributed by atoms with van der Waals surface area (Å²) in [5.74, 6) is 0.272. The number of carbonyl (C=O) groups excluding carboxylic acids is 2. The third-order valence-corrected chi connectivity index (χ3v) is 3.63. The van der Waals surface area contributed by atoms with Gasteiger partial charge in [0.15, 0.2) is 11.6 Å². The second kappa shape index (κ2) is 5.38. The number of hydrogen-bond donors (Lipinski definition) is 2. The van der Waals surface area contributed by atoms with Crippen LogP contribution in [-0.2, 0) is 9.59 Å². The molecule has 0 atom stereocenters. The largest absolute Gasteiger partial charge is 0.512 e. The van der Waals surface area contributed by atoms with E-state index in [0.717, 1.165) is 0 Å². The molecule has 0 aromatic heterocycles. The van der Waals surface area contributed by atoms with Crippen molar-refractivity contribution in [3.05, 3.63) is 22.7 Å². The van der Waals surface area contributed by atoms with Gasteiger partial charge in [0, 0.05) is 36.8 Å². The van der Waals surface area contributed by atoms with Gasteiger partial charge in [0.25, 0.3) is 0 Å². The molecule has 0 aromatic rings. The third-order valence-electron chi connectivity index (χ3n) is 3.63. The van der Waals surface area contributed by atoms with Crippen molar-refractivity contribution in [2.75, 3.05) is 0 Å². The lowest BCUT2D eigenvalue weighted by Gasteiger charge is -2.18. The summed E-state index contributed by atoms with van der Waals surface area (Å²) in [6, 6.07) is 0. The summed E-state index contributed by atoms with van der Waals surface area (Å²) in [5, 5.41) is 19.4. The van der Waals surface area contributed by atoms with Gasteiger partial charge >= 0.3 is 0 Å². The Kier molecular flexibility index (Phi) is 3.84. The average molecular weight is 250 g/mol. The molecule has 4 heteroatoms. The number of aliphatic hydroxyl groups is 2. The fourth-order valence-corrected chi connectivity index (χ4v) is 2.58. The molecule has 0 spiro atoms. The zero-order valence-electron chi connectivity index (χ0n) is 10.4. The van der Waals surface area contributed by atoms with Gasteiger partial charge in [-0.05, 0) is 25.7 Å². The molecule has 0 saturated carbocycles. The second-order valence-corrected chi connectivity index (χ2v) is 4.90. The molecule has 2 aliphatic carbocycles. The van der Waals surface area contributed by atoms with Crippen molar-refractivity contribution in [1.82, 2.24) is 0 Å². The first kappa shape index (κ1) is 12.9. The van der Waals surface area contributed by atoms with Crippen LogP contribution in [0, 0.1) is 0 Å². The van der Waals surface area contributed by atoms with E-state index in [0.29, 0.717) is 62.5 Å². The molecule has 98 valence electrons. The molecule has 0 aromatic carbocycles. The third kappa shape index (κ3) is 2.63. The first-order valence-electron chi connectivity index (χ1n) is 6.48. The lowest BCUT2D eigenvalue weighted by Crippen LogP contribution is -2.15. The number of carbonyl (C=O) groups is 2. The predicted molar refractivity (Wildman–Crippen MR) is 66.3 cm³/mol. The minimum Gasteiger partial charge on any atom is -0.512 e. The number of ketones is 2. The second-order valence-electron chi connectivity index (χ2n) is 4.90. The lowest BCUT2D eigenvalue weighted by molar-refractivity contribution is -0.117. The smallest absolute Gasteiger partial charge is 0.162 e. The molecule has 0 saturated heterocycles. The summed E-state index contributed by atoms with van der Waals surface area (Å²) < 4.78 is 0. The van der Waals surface area contributed by atoms with Crippen LogP contribution in [0.15, 0.2) is 22.7 Å². The van der Waals surface area contributed by atoms with Crippen LogP contribution in [0.3, 0.4) is 0 Å². The van der Waals surface area contributed by atoms with Crippen LogP contribution >= 0.6 is 0 Å². The number of hydrogen-bond acceptors (Lipinski definition) is 4. The molecule has 18 heavy (non-hydrogen) atoms. The van der Waals surface area contributed by atoms with Crippen LogP contribution in [0.4, 0.5) is 0 Å². The maximum atomic E-state index is 11.7. The molecule has 2 aliphatic rings. The maximum Gasteiger partial charge on any atom is 0.162 e. The molecule has 0 heterocycles. The standard InChI is InChI=1S/C14H18O4/c15-11-3-1-4-12(16)9(11)7-8-10-13(17)5-2-6-14(10)18/h15,17H,1-8H2. The molecule has 2 N–H and O–H groups in total. The van der Waals surface area contributed by atoms with Gasteiger partial charge < -0.3 is 10.2 Å². The van der Waals surface area contributed by atoms with E-state index in [1.54, 1.807) is 0 Å². The highest BCUT2D eigenvalue weighted by Crippen LogP contribution is 2.28. The van der Waals surface area contributed by atoms with Gasteiger partial charge in [-0.2, -0.15) is 0 Å². The van der Waals surface area contributed by atoms with E-state index in [-0.39, 0.29) is 23.1 Å². The van der Waals surface area contributed by atoms with Crippen LogP contribution < -0.4 is 0 Å². The highest BCUT2D eigenvalue weighted by Gasteiger charge is 2.24. The van der Waals surface area contributed by atoms with Crippen molar-refractivity contribution in [2.24, 2.45) is 0 Å². The van der Waals surface area contributed by atoms with Gasteiger partial charge in [0.2, 0.25) is 0 Å². The van der Waals surface area contributed by atoms with Crippen LogP contribution in [0.5, 0.6) is 0 Å². The first-order valence-corrected chi connectivity index (χ1v) is 6.48. The molecule has 2 rings (SSSR count). The number of Topliss-reactive ketones (excluding diaryl/α,β-unsaturated/α-hetero) is 2. The molecule has 0 unspecified atom stereocenters. The molecular weight excluding hydrogens is 232 g/mol. The highest BCUT2D eigenvalue weighted by atomic mass is 16.3. The van der Waals surface area contributed by atoms with E-state index >= 15 is 0 Å². The van der Waals surface area contributed by atoms with Crippen molar-refractivity contribution in [2.45, 2.75) is 51.4 Å². The van der Waals surface area contributed by atoms with Gasteiger partial charge in [-0.15, -0.1) is 0 Å². The van der Waals surface area contributed by atoms with Crippen molar-refractivity contribution in [1.29, 1.82) is 0 Å². The van der Waals surface area contributed by atoms with Crippen LogP contribution in [0.2, 0.25) is 0 Å². The van der Waals surface area contributed by atoms with Crippen LogP contribution in [0.25, 0.3) is 0 Å². The van der Waals surface area contributed by atoms with Gasteiger partial charge in [-0.25, -0.2) is 0 Å². The van der Waals surface area contributed by atoms with E-state index in [2.05, 4.69) is 0 Å². The topological polar surface area (TPSA) is 74.6 Å². The Balaban J connectivity index is 2.07. The number of rotatable bonds is 3. The molecule has 0 amide bonds. The van der Waals surface area contributed by atoms with E-state index in [4.69, 9.17) is 0 Å². The highest BCUT2D eigenvalue weighted by molar-refractivity contribution is 5.98. The van der Waals surface area contributed by atoms with Crippen molar-refractivity contribution in [3.8, 4) is 0 Å². The minimum absolute atomic E-state index is 0.0258. The zero-order chi connectivity index (χ0) is 13.1. The maximum absolute atomic E-state index is 11.7. The number of allylic oxidation sites excluding steroid dienone is 4. The summed E-state index contributed by atoms with van der Waals surface area (Å²) in [7, 11) is 0.